The molecule has 2 aromatic rings. The van der Waals surface area contributed by atoms with E-state index in [9.17, 15) is 15.2 Å². The number of ether oxygens (including phenoxy) is 1. The van der Waals surface area contributed by atoms with Crippen molar-refractivity contribution in [2.24, 2.45) is 0 Å². The first-order chi connectivity index (χ1) is 10.0. The van der Waals surface area contributed by atoms with Crippen LogP contribution in [0.2, 0.25) is 0 Å². The summed E-state index contributed by atoms with van der Waals surface area (Å²) in [5.74, 6) is 0.264. The second-order valence-electron chi connectivity index (χ2n) is 4.37. The largest absolute Gasteiger partial charge is 0.449 e. The Bertz CT molecular complexity index is 720. The lowest BCUT2D eigenvalue weighted by atomic mass is 10.1. The molecule has 2 aromatic carbocycles. The quantitative estimate of drug-likeness (QED) is 0.686. The minimum atomic E-state index is -0.816. The summed E-state index contributed by atoms with van der Waals surface area (Å²) in [5, 5.41) is 29.6. The summed E-state index contributed by atoms with van der Waals surface area (Å²) in [4.78, 5) is 10.5. The average Bonchev–Trinajstić information content (AvgIpc) is 2.47. The van der Waals surface area contributed by atoms with Crippen molar-refractivity contribution in [3.05, 3.63) is 63.7 Å². The number of nitro groups is 1. The molecule has 0 aromatic heterocycles. The third-order valence-electron chi connectivity index (χ3n) is 2.89. The highest BCUT2D eigenvalue weighted by molar-refractivity contribution is 5.53. The van der Waals surface area contributed by atoms with Gasteiger partial charge in [-0.1, -0.05) is 18.2 Å². The Labute approximate surface area is 121 Å². The van der Waals surface area contributed by atoms with Gasteiger partial charge in [-0.2, -0.15) is 5.26 Å². The van der Waals surface area contributed by atoms with Crippen molar-refractivity contribution in [3.8, 4) is 17.6 Å². The molecule has 0 bridgehead atoms. The fourth-order valence-electron chi connectivity index (χ4n) is 1.79. The summed E-state index contributed by atoms with van der Waals surface area (Å²) in [6, 6.07) is 12.6. The lowest BCUT2D eigenvalue weighted by Gasteiger charge is -2.10. The van der Waals surface area contributed by atoms with Crippen molar-refractivity contribution in [1.29, 1.82) is 5.26 Å². The molecule has 0 amide bonds. The molecule has 1 unspecified atom stereocenters. The van der Waals surface area contributed by atoms with Crippen LogP contribution in [0.5, 0.6) is 11.5 Å². The van der Waals surface area contributed by atoms with Crippen LogP contribution in [0.4, 0.5) is 5.69 Å². The Morgan fingerprint density at radius 3 is 2.62 bits per heavy atom. The van der Waals surface area contributed by atoms with Crippen molar-refractivity contribution in [2.45, 2.75) is 13.0 Å². The molecule has 0 saturated carbocycles. The van der Waals surface area contributed by atoms with Crippen LogP contribution in [-0.4, -0.2) is 10.0 Å². The number of hydrogen-bond donors (Lipinski definition) is 1. The maximum absolute atomic E-state index is 11.1. The predicted molar refractivity (Wildman–Crippen MR) is 75.0 cm³/mol. The summed E-state index contributed by atoms with van der Waals surface area (Å²) in [6.45, 7) is 1.52. The van der Waals surface area contributed by atoms with E-state index in [4.69, 9.17) is 10.00 Å². The molecule has 0 aliphatic heterocycles. The van der Waals surface area contributed by atoms with Crippen LogP contribution in [-0.2, 0) is 0 Å². The Kier molecular flexibility index (Phi) is 4.16. The SMILES string of the molecule is CC(O)c1ccc(Oc2ccccc2C#N)c([N+](=O)[O-])c1. The van der Waals surface area contributed by atoms with Gasteiger partial charge in [-0.05, 0) is 30.7 Å². The highest BCUT2D eigenvalue weighted by Crippen LogP contribution is 2.34. The summed E-state index contributed by atoms with van der Waals surface area (Å²) in [6.07, 6.45) is -0.816. The number of rotatable bonds is 4. The van der Waals surface area contributed by atoms with E-state index < -0.39 is 11.0 Å². The number of nitriles is 1. The highest BCUT2D eigenvalue weighted by Gasteiger charge is 2.19. The Hall–Kier alpha value is -2.91. The van der Waals surface area contributed by atoms with Gasteiger partial charge in [0.05, 0.1) is 16.6 Å². The second-order valence-corrected chi connectivity index (χ2v) is 4.37. The molecule has 0 saturated heterocycles. The van der Waals surface area contributed by atoms with Gasteiger partial charge in [0.25, 0.3) is 0 Å². The highest BCUT2D eigenvalue weighted by atomic mass is 16.6. The van der Waals surface area contributed by atoms with Crippen molar-refractivity contribution in [2.75, 3.05) is 0 Å². The molecule has 1 atom stereocenters. The van der Waals surface area contributed by atoms with E-state index in [-0.39, 0.29) is 22.7 Å². The van der Waals surface area contributed by atoms with Gasteiger partial charge in [-0.3, -0.25) is 10.1 Å². The molecule has 0 fully saturated rings. The topological polar surface area (TPSA) is 96.4 Å². The zero-order valence-corrected chi connectivity index (χ0v) is 11.2. The molecular formula is C15H12N2O4. The summed E-state index contributed by atoms with van der Waals surface area (Å²) < 4.78 is 5.48. The third kappa shape index (κ3) is 3.16. The van der Waals surface area contributed by atoms with Gasteiger partial charge in [0.2, 0.25) is 5.75 Å². The van der Waals surface area contributed by atoms with Crippen LogP contribution in [0.25, 0.3) is 0 Å². The first kappa shape index (κ1) is 14.5. The molecule has 6 heteroatoms. The van der Waals surface area contributed by atoms with Crippen LogP contribution in [0.1, 0.15) is 24.2 Å². The molecule has 21 heavy (non-hydrogen) atoms. The minimum absolute atomic E-state index is 0.0205. The maximum Gasteiger partial charge on any atom is 0.311 e. The fourth-order valence-corrected chi connectivity index (χ4v) is 1.79. The normalized spacial score (nSPS) is 11.5. The number of hydrogen-bond acceptors (Lipinski definition) is 5. The third-order valence-corrected chi connectivity index (χ3v) is 2.89. The molecule has 1 N–H and O–H groups in total. The van der Waals surface area contributed by atoms with Crippen molar-refractivity contribution >= 4 is 5.69 Å². The maximum atomic E-state index is 11.1. The van der Waals surface area contributed by atoms with E-state index in [0.29, 0.717) is 5.56 Å². The Morgan fingerprint density at radius 2 is 2.00 bits per heavy atom. The van der Waals surface area contributed by atoms with E-state index in [1.165, 1.54) is 19.1 Å². The number of benzene rings is 2. The first-order valence-corrected chi connectivity index (χ1v) is 6.16. The second kappa shape index (κ2) is 6.03. The van der Waals surface area contributed by atoms with Gasteiger partial charge < -0.3 is 9.84 Å². The van der Waals surface area contributed by atoms with Crippen molar-refractivity contribution in [1.82, 2.24) is 0 Å². The number of nitro benzene ring substituents is 1. The summed E-state index contributed by atoms with van der Waals surface area (Å²) >= 11 is 0. The van der Waals surface area contributed by atoms with E-state index in [1.807, 2.05) is 6.07 Å². The molecule has 106 valence electrons. The average molecular weight is 284 g/mol. The molecule has 0 heterocycles. The van der Waals surface area contributed by atoms with Crippen LogP contribution < -0.4 is 4.74 Å². The van der Waals surface area contributed by atoms with E-state index >= 15 is 0 Å². The Balaban J connectivity index is 2.45. The number of para-hydroxylation sites is 1. The van der Waals surface area contributed by atoms with Gasteiger partial charge in [0, 0.05) is 6.07 Å². The standard InChI is InChI=1S/C15H12N2O4/c1-10(18)11-6-7-15(13(8-11)17(19)20)21-14-5-3-2-4-12(14)9-16/h2-8,10,18H,1H3. The molecule has 0 spiro atoms. The lowest BCUT2D eigenvalue weighted by Crippen LogP contribution is -1.98. The smallest absolute Gasteiger partial charge is 0.311 e. The Morgan fingerprint density at radius 1 is 1.29 bits per heavy atom. The molecule has 0 radical (unpaired) electrons. The molecule has 0 aliphatic carbocycles. The van der Waals surface area contributed by atoms with Gasteiger partial charge >= 0.3 is 5.69 Å². The van der Waals surface area contributed by atoms with Crippen molar-refractivity contribution in [3.63, 3.8) is 0 Å². The van der Waals surface area contributed by atoms with E-state index in [1.54, 1.807) is 30.3 Å². The summed E-state index contributed by atoms with van der Waals surface area (Å²) in [5.41, 5.74) is 0.440. The zero-order valence-electron chi connectivity index (χ0n) is 11.2. The molecule has 6 nitrogen and oxygen atoms in total. The molecule has 0 aliphatic rings. The zero-order chi connectivity index (χ0) is 15.4. The van der Waals surface area contributed by atoms with Gasteiger partial charge in [-0.25, -0.2) is 0 Å². The first-order valence-electron chi connectivity index (χ1n) is 6.16. The van der Waals surface area contributed by atoms with E-state index in [0.717, 1.165) is 0 Å². The van der Waals surface area contributed by atoms with Crippen LogP contribution in [0.3, 0.4) is 0 Å². The van der Waals surface area contributed by atoms with Crippen LogP contribution in [0, 0.1) is 21.4 Å². The lowest BCUT2D eigenvalue weighted by molar-refractivity contribution is -0.385. The van der Waals surface area contributed by atoms with Crippen LogP contribution in [0.15, 0.2) is 42.5 Å². The molecular weight excluding hydrogens is 272 g/mol. The number of aliphatic hydroxyl groups excluding tert-OH is 1. The van der Waals surface area contributed by atoms with Crippen LogP contribution >= 0.6 is 0 Å². The molecule has 2 rings (SSSR count). The number of aliphatic hydroxyl groups is 1. The van der Waals surface area contributed by atoms with Gasteiger partial charge in [-0.15, -0.1) is 0 Å². The number of nitrogens with zero attached hydrogens (tertiary/aromatic N) is 2. The monoisotopic (exact) mass is 284 g/mol. The van der Waals surface area contributed by atoms with Gasteiger partial charge in [0.1, 0.15) is 11.8 Å². The summed E-state index contributed by atoms with van der Waals surface area (Å²) in [7, 11) is 0. The van der Waals surface area contributed by atoms with E-state index in [2.05, 4.69) is 0 Å². The van der Waals surface area contributed by atoms with Crippen molar-refractivity contribution < 1.29 is 14.8 Å². The fraction of sp³-hybridized carbons (Fsp3) is 0.133. The minimum Gasteiger partial charge on any atom is -0.449 e. The van der Waals surface area contributed by atoms with Gasteiger partial charge in [0.15, 0.2) is 0 Å². The predicted octanol–water partition coefficient (Wildman–Crippen LogP) is 3.31.